The molecule has 134 valence electrons. The molecule has 1 aromatic carbocycles. The van der Waals surface area contributed by atoms with Crippen molar-refractivity contribution < 1.29 is 28.2 Å². The molecule has 0 aliphatic carbocycles. The quantitative estimate of drug-likeness (QED) is 0.350. The number of unbranched alkanes of at least 4 members (excludes halogenated alkanes) is 2. The first-order valence-electron chi connectivity index (χ1n) is 8.30. The van der Waals surface area contributed by atoms with Crippen molar-refractivity contribution in [2.45, 2.75) is 39.5 Å². The highest BCUT2D eigenvalue weighted by molar-refractivity contribution is 5.94. The second-order valence-corrected chi connectivity index (χ2v) is 5.21. The van der Waals surface area contributed by atoms with Crippen LogP contribution in [0.15, 0.2) is 24.3 Å². The number of benzene rings is 1. The summed E-state index contributed by atoms with van der Waals surface area (Å²) >= 11 is 0. The summed E-state index contributed by atoms with van der Waals surface area (Å²) in [5.41, 5.74) is 0. The summed E-state index contributed by atoms with van der Waals surface area (Å²) in [6, 6.07) is 5.84. The first-order valence-corrected chi connectivity index (χ1v) is 8.30. The van der Waals surface area contributed by atoms with E-state index in [-0.39, 0.29) is 19.0 Å². The van der Waals surface area contributed by atoms with Crippen LogP contribution in [-0.2, 0) is 19.1 Å². The van der Waals surface area contributed by atoms with E-state index in [1.165, 1.54) is 12.1 Å². The fraction of sp³-hybridized carbons (Fsp3) is 0.556. The van der Waals surface area contributed by atoms with Gasteiger partial charge in [0.15, 0.2) is 5.92 Å². The second-order valence-electron chi connectivity index (χ2n) is 5.21. The molecule has 0 bridgehead atoms. The Kier molecular flexibility index (Phi) is 9.49. The van der Waals surface area contributed by atoms with Crippen LogP contribution in [0.2, 0.25) is 0 Å². The topological polar surface area (TPSA) is 61.8 Å². The van der Waals surface area contributed by atoms with Gasteiger partial charge in [-0.2, -0.15) is 0 Å². The van der Waals surface area contributed by atoms with Gasteiger partial charge >= 0.3 is 11.9 Å². The molecule has 1 rings (SSSR count). The van der Waals surface area contributed by atoms with Crippen molar-refractivity contribution in [3.8, 4) is 5.75 Å². The van der Waals surface area contributed by atoms with E-state index < -0.39 is 17.9 Å². The van der Waals surface area contributed by atoms with Gasteiger partial charge in [0, 0.05) is 0 Å². The maximum absolute atomic E-state index is 12.8. The molecule has 0 amide bonds. The van der Waals surface area contributed by atoms with Crippen LogP contribution in [0.3, 0.4) is 0 Å². The molecule has 1 aromatic rings. The largest absolute Gasteiger partial charge is 0.494 e. The highest BCUT2D eigenvalue weighted by Gasteiger charge is 2.28. The van der Waals surface area contributed by atoms with E-state index >= 15 is 0 Å². The Bertz CT molecular complexity index is 483. The standard InChI is InChI=1S/C18H25FO5/c1-3-22-17(20)16(18(21)23-4-2)8-6-5-7-13-24-15-11-9-14(19)10-12-15/h9-12,16H,3-8,13H2,1-2H3. The average molecular weight is 340 g/mol. The van der Waals surface area contributed by atoms with Crippen molar-refractivity contribution in [1.82, 2.24) is 0 Å². The number of esters is 2. The number of carbonyl (C=O) groups excluding carboxylic acids is 2. The molecule has 0 saturated carbocycles. The summed E-state index contributed by atoms with van der Waals surface area (Å²) in [7, 11) is 0. The van der Waals surface area contributed by atoms with Gasteiger partial charge in [0.25, 0.3) is 0 Å². The van der Waals surface area contributed by atoms with E-state index in [0.29, 0.717) is 25.2 Å². The van der Waals surface area contributed by atoms with Crippen molar-refractivity contribution in [3.05, 3.63) is 30.1 Å². The van der Waals surface area contributed by atoms with Gasteiger partial charge in [-0.05, 0) is 51.0 Å². The third-order valence-corrected chi connectivity index (χ3v) is 3.36. The lowest BCUT2D eigenvalue weighted by Crippen LogP contribution is -2.28. The van der Waals surface area contributed by atoms with Crippen LogP contribution in [0.25, 0.3) is 0 Å². The molecule has 0 radical (unpaired) electrons. The summed E-state index contributed by atoms with van der Waals surface area (Å²) in [5, 5.41) is 0. The molecule has 0 aliphatic heterocycles. The van der Waals surface area contributed by atoms with Crippen molar-refractivity contribution >= 4 is 11.9 Å². The lowest BCUT2D eigenvalue weighted by Gasteiger charge is -2.14. The second kappa shape index (κ2) is 11.4. The molecule has 24 heavy (non-hydrogen) atoms. The van der Waals surface area contributed by atoms with Gasteiger partial charge in [-0.3, -0.25) is 9.59 Å². The number of ether oxygens (including phenoxy) is 3. The zero-order chi connectivity index (χ0) is 17.8. The third-order valence-electron chi connectivity index (χ3n) is 3.36. The van der Waals surface area contributed by atoms with Gasteiger partial charge < -0.3 is 14.2 Å². The number of rotatable bonds is 11. The van der Waals surface area contributed by atoms with Crippen molar-refractivity contribution in [3.63, 3.8) is 0 Å². The van der Waals surface area contributed by atoms with Crippen molar-refractivity contribution in [2.75, 3.05) is 19.8 Å². The van der Waals surface area contributed by atoms with E-state index in [4.69, 9.17) is 14.2 Å². The number of hydrogen-bond donors (Lipinski definition) is 0. The zero-order valence-corrected chi connectivity index (χ0v) is 14.3. The van der Waals surface area contributed by atoms with Crippen LogP contribution in [0.4, 0.5) is 4.39 Å². The molecule has 0 fully saturated rings. The molecule has 0 N–H and O–H groups in total. The lowest BCUT2D eigenvalue weighted by molar-refractivity contribution is -0.161. The average Bonchev–Trinajstić information content (AvgIpc) is 2.56. The first-order chi connectivity index (χ1) is 11.6. The maximum Gasteiger partial charge on any atom is 0.320 e. The highest BCUT2D eigenvalue weighted by atomic mass is 19.1. The lowest BCUT2D eigenvalue weighted by atomic mass is 10.0. The highest BCUT2D eigenvalue weighted by Crippen LogP contribution is 2.15. The number of hydrogen-bond acceptors (Lipinski definition) is 5. The zero-order valence-electron chi connectivity index (χ0n) is 14.3. The smallest absolute Gasteiger partial charge is 0.320 e. The fourth-order valence-corrected chi connectivity index (χ4v) is 2.17. The molecule has 0 heterocycles. The molecule has 6 heteroatoms. The summed E-state index contributed by atoms with van der Waals surface area (Å²) in [6.45, 7) is 4.37. The van der Waals surface area contributed by atoms with Gasteiger partial charge in [-0.25, -0.2) is 4.39 Å². The van der Waals surface area contributed by atoms with E-state index in [1.54, 1.807) is 26.0 Å². The molecule has 0 spiro atoms. The monoisotopic (exact) mass is 340 g/mol. The molecule has 0 unspecified atom stereocenters. The minimum atomic E-state index is -0.858. The molecule has 0 saturated heterocycles. The number of carbonyl (C=O) groups is 2. The van der Waals surface area contributed by atoms with E-state index in [2.05, 4.69) is 0 Å². The Morgan fingerprint density at radius 1 is 0.958 bits per heavy atom. The van der Waals surface area contributed by atoms with E-state index in [0.717, 1.165) is 12.8 Å². The Balaban J connectivity index is 2.27. The summed E-state index contributed by atoms with van der Waals surface area (Å²) < 4.78 is 28.1. The van der Waals surface area contributed by atoms with Crippen LogP contribution >= 0.6 is 0 Å². The number of halogens is 1. The van der Waals surface area contributed by atoms with E-state index in [1.807, 2.05) is 0 Å². The minimum Gasteiger partial charge on any atom is -0.494 e. The molecular formula is C18H25FO5. The molecular weight excluding hydrogens is 315 g/mol. The Morgan fingerprint density at radius 3 is 2.08 bits per heavy atom. The van der Waals surface area contributed by atoms with Gasteiger partial charge in [-0.1, -0.05) is 12.8 Å². The van der Waals surface area contributed by atoms with Crippen LogP contribution < -0.4 is 4.74 Å². The van der Waals surface area contributed by atoms with Crippen LogP contribution in [0.5, 0.6) is 5.75 Å². The summed E-state index contributed by atoms with van der Waals surface area (Å²) in [6.07, 6.45) is 2.66. The van der Waals surface area contributed by atoms with Gasteiger partial charge in [0.1, 0.15) is 11.6 Å². The van der Waals surface area contributed by atoms with Gasteiger partial charge in [0.05, 0.1) is 19.8 Å². The van der Waals surface area contributed by atoms with E-state index in [9.17, 15) is 14.0 Å². The maximum atomic E-state index is 12.8. The van der Waals surface area contributed by atoms with Crippen molar-refractivity contribution in [1.29, 1.82) is 0 Å². The van der Waals surface area contributed by atoms with Gasteiger partial charge in [-0.15, -0.1) is 0 Å². The minimum absolute atomic E-state index is 0.236. The predicted octanol–water partition coefficient (Wildman–Crippen LogP) is 3.51. The Morgan fingerprint density at radius 2 is 1.54 bits per heavy atom. The molecule has 0 aliphatic rings. The van der Waals surface area contributed by atoms with Crippen LogP contribution in [0, 0.1) is 11.7 Å². The fourth-order valence-electron chi connectivity index (χ4n) is 2.17. The Hall–Kier alpha value is -2.11. The molecule has 5 nitrogen and oxygen atoms in total. The van der Waals surface area contributed by atoms with Crippen LogP contribution in [0.1, 0.15) is 39.5 Å². The van der Waals surface area contributed by atoms with Gasteiger partial charge in [0.2, 0.25) is 0 Å². The van der Waals surface area contributed by atoms with Crippen molar-refractivity contribution in [2.24, 2.45) is 5.92 Å². The predicted molar refractivity (Wildman–Crippen MR) is 87.1 cm³/mol. The first kappa shape index (κ1) is 19.9. The summed E-state index contributed by atoms with van der Waals surface area (Å²) in [5.74, 6) is -1.60. The van der Waals surface area contributed by atoms with Crippen LogP contribution in [-0.4, -0.2) is 31.8 Å². The molecule has 0 atom stereocenters. The normalized spacial score (nSPS) is 10.5. The Labute approximate surface area is 142 Å². The third kappa shape index (κ3) is 7.44. The SMILES string of the molecule is CCOC(=O)C(CCCCCOc1ccc(F)cc1)C(=O)OCC. The summed E-state index contributed by atoms with van der Waals surface area (Å²) in [4.78, 5) is 23.6. The molecule has 0 aromatic heterocycles.